The number of carbonyl (C=O) groups is 3. The Morgan fingerprint density at radius 2 is 1.55 bits per heavy atom. The molecule has 31 heavy (non-hydrogen) atoms. The van der Waals surface area contributed by atoms with Crippen molar-refractivity contribution in [1.29, 1.82) is 0 Å². The number of urea groups is 1. The number of benzene rings is 3. The second-order valence-corrected chi connectivity index (χ2v) is 6.74. The number of hydrogen-bond acceptors (Lipinski definition) is 4. The molecule has 4 amide bonds. The summed E-state index contributed by atoms with van der Waals surface area (Å²) in [6, 6.07) is 24.2. The number of anilines is 2. The highest BCUT2D eigenvalue weighted by molar-refractivity contribution is 6.28. The van der Waals surface area contributed by atoms with Gasteiger partial charge >= 0.3 is 6.03 Å². The van der Waals surface area contributed by atoms with Crippen LogP contribution in [-0.2, 0) is 9.59 Å². The second kappa shape index (κ2) is 8.96. The lowest BCUT2D eigenvalue weighted by Gasteiger charge is -2.10. The Balaban J connectivity index is 1.37. The molecular weight excluding hydrogens is 394 g/mol. The summed E-state index contributed by atoms with van der Waals surface area (Å²) in [6.45, 7) is -0.129. The molecule has 3 aromatic carbocycles. The van der Waals surface area contributed by atoms with Crippen LogP contribution in [0.2, 0.25) is 0 Å². The molecule has 0 atom stereocenters. The van der Waals surface area contributed by atoms with Gasteiger partial charge in [0.2, 0.25) is 0 Å². The molecule has 7 heteroatoms. The Morgan fingerprint density at radius 3 is 2.23 bits per heavy atom. The van der Waals surface area contributed by atoms with E-state index in [4.69, 9.17) is 4.74 Å². The number of nitrogens with zero attached hydrogens (tertiary/aromatic N) is 1. The highest BCUT2D eigenvalue weighted by Gasteiger charge is 2.34. The fourth-order valence-corrected chi connectivity index (χ4v) is 3.04. The van der Waals surface area contributed by atoms with E-state index < -0.39 is 11.9 Å². The Hall–Kier alpha value is -4.39. The van der Waals surface area contributed by atoms with E-state index in [9.17, 15) is 14.4 Å². The van der Waals surface area contributed by atoms with E-state index in [1.807, 2.05) is 24.3 Å². The van der Waals surface area contributed by atoms with Crippen molar-refractivity contribution in [2.75, 3.05) is 16.8 Å². The van der Waals surface area contributed by atoms with Gasteiger partial charge in [-0.15, -0.1) is 0 Å². The van der Waals surface area contributed by atoms with Gasteiger partial charge < -0.3 is 15.4 Å². The van der Waals surface area contributed by atoms with E-state index in [1.54, 1.807) is 66.7 Å². The average molecular weight is 413 g/mol. The van der Waals surface area contributed by atoms with Crippen LogP contribution in [0.15, 0.2) is 90.6 Å². The summed E-state index contributed by atoms with van der Waals surface area (Å²) in [7, 11) is 0. The second-order valence-electron chi connectivity index (χ2n) is 6.74. The molecule has 7 nitrogen and oxygen atoms in total. The quantitative estimate of drug-likeness (QED) is 0.475. The highest BCUT2D eigenvalue weighted by atomic mass is 16.5. The molecule has 0 unspecified atom stereocenters. The lowest BCUT2D eigenvalue weighted by atomic mass is 10.2. The Labute approximate surface area is 178 Å². The van der Waals surface area contributed by atoms with Gasteiger partial charge in [0.1, 0.15) is 11.4 Å². The zero-order valence-corrected chi connectivity index (χ0v) is 16.4. The first-order valence-electron chi connectivity index (χ1n) is 9.60. The summed E-state index contributed by atoms with van der Waals surface area (Å²) >= 11 is 0. The zero-order chi connectivity index (χ0) is 21.6. The first kappa shape index (κ1) is 19.9. The third-order valence-corrected chi connectivity index (χ3v) is 4.51. The van der Waals surface area contributed by atoms with E-state index in [0.717, 1.165) is 4.90 Å². The maximum absolute atomic E-state index is 12.6. The van der Waals surface area contributed by atoms with E-state index in [1.165, 1.54) is 0 Å². The zero-order valence-electron chi connectivity index (χ0n) is 16.4. The molecule has 1 fully saturated rings. The van der Waals surface area contributed by atoms with Crippen LogP contribution >= 0.6 is 0 Å². The first-order valence-corrected chi connectivity index (χ1v) is 9.60. The van der Waals surface area contributed by atoms with Crippen molar-refractivity contribution in [2.24, 2.45) is 0 Å². The van der Waals surface area contributed by atoms with Crippen LogP contribution in [0.3, 0.4) is 0 Å². The van der Waals surface area contributed by atoms with E-state index in [-0.39, 0.29) is 18.2 Å². The molecule has 0 saturated carbocycles. The smallest absolute Gasteiger partial charge is 0.333 e. The van der Waals surface area contributed by atoms with Gasteiger partial charge in [0.05, 0.1) is 5.69 Å². The summed E-state index contributed by atoms with van der Waals surface area (Å²) < 4.78 is 5.50. The highest BCUT2D eigenvalue weighted by Crippen LogP contribution is 2.22. The minimum absolute atomic E-state index is 0.129. The van der Waals surface area contributed by atoms with Crippen LogP contribution in [0, 0.1) is 0 Å². The van der Waals surface area contributed by atoms with Crippen LogP contribution in [-0.4, -0.2) is 24.5 Å². The van der Waals surface area contributed by atoms with Crippen molar-refractivity contribution in [3.05, 3.63) is 96.2 Å². The van der Waals surface area contributed by atoms with Crippen LogP contribution < -0.4 is 20.3 Å². The van der Waals surface area contributed by atoms with Crippen molar-refractivity contribution in [3.8, 4) is 5.75 Å². The van der Waals surface area contributed by atoms with Crippen molar-refractivity contribution in [1.82, 2.24) is 5.32 Å². The molecule has 0 aliphatic carbocycles. The lowest BCUT2D eigenvalue weighted by Crippen LogP contribution is -2.30. The monoisotopic (exact) mass is 413 g/mol. The van der Waals surface area contributed by atoms with E-state index in [2.05, 4.69) is 10.6 Å². The molecule has 2 N–H and O–H groups in total. The van der Waals surface area contributed by atoms with E-state index >= 15 is 0 Å². The number of hydrogen-bond donors (Lipinski definition) is 2. The normalized spacial score (nSPS) is 14.5. The number of nitrogens with one attached hydrogen (secondary N) is 2. The summed E-state index contributed by atoms with van der Waals surface area (Å²) in [5, 5.41) is 5.34. The van der Waals surface area contributed by atoms with Gasteiger partial charge in [-0.3, -0.25) is 9.59 Å². The van der Waals surface area contributed by atoms with Crippen LogP contribution in [0.25, 0.3) is 6.08 Å². The third kappa shape index (κ3) is 4.79. The average Bonchev–Trinajstić information content (AvgIpc) is 3.07. The molecular formula is C24H19N3O4. The minimum Gasteiger partial charge on any atom is -0.484 e. The molecule has 154 valence electrons. The molecule has 3 aromatic rings. The first-order chi connectivity index (χ1) is 15.1. The molecule has 1 aliphatic rings. The summed E-state index contributed by atoms with van der Waals surface area (Å²) in [4.78, 5) is 37.9. The molecule has 1 aliphatic heterocycles. The molecule has 0 aromatic heterocycles. The number of ether oxygens (including phenoxy) is 1. The van der Waals surface area contributed by atoms with Crippen molar-refractivity contribution < 1.29 is 19.1 Å². The number of amides is 4. The topological polar surface area (TPSA) is 87.7 Å². The summed E-state index contributed by atoms with van der Waals surface area (Å²) in [5.74, 6) is -0.176. The number of para-hydroxylation sites is 2. The summed E-state index contributed by atoms with van der Waals surface area (Å²) in [6.07, 6.45) is 1.59. The number of carbonyl (C=O) groups excluding carboxylic acids is 3. The van der Waals surface area contributed by atoms with Crippen LogP contribution in [0.1, 0.15) is 5.56 Å². The van der Waals surface area contributed by atoms with Gasteiger partial charge in [-0.1, -0.05) is 48.5 Å². The predicted molar refractivity (Wildman–Crippen MR) is 117 cm³/mol. The minimum atomic E-state index is -0.494. The van der Waals surface area contributed by atoms with Gasteiger partial charge in [0.25, 0.3) is 11.8 Å². The third-order valence-electron chi connectivity index (χ3n) is 4.51. The summed E-state index contributed by atoms with van der Waals surface area (Å²) in [5.41, 5.74) is 2.10. The molecule has 1 saturated heterocycles. The lowest BCUT2D eigenvalue weighted by molar-refractivity contribution is -0.118. The SMILES string of the molecule is O=C(COc1ccc(/C=C2/NC(=O)N(c3ccccc3)C2=O)cc1)Nc1ccccc1. The van der Waals surface area contributed by atoms with Crippen molar-refractivity contribution in [3.63, 3.8) is 0 Å². The molecule has 0 bridgehead atoms. The van der Waals surface area contributed by atoms with Crippen LogP contribution in [0.5, 0.6) is 5.75 Å². The Kier molecular flexibility index (Phi) is 5.75. The van der Waals surface area contributed by atoms with Crippen molar-refractivity contribution in [2.45, 2.75) is 0 Å². The fraction of sp³-hybridized carbons (Fsp3) is 0.0417. The molecule has 0 radical (unpaired) electrons. The Morgan fingerprint density at radius 1 is 0.903 bits per heavy atom. The van der Waals surface area contributed by atoms with Gasteiger partial charge in [-0.2, -0.15) is 0 Å². The van der Waals surface area contributed by atoms with E-state index in [0.29, 0.717) is 22.7 Å². The largest absolute Gasteiger partial charge is 0.484 e. The van der Waals surface area contributed by atoms with Gasteiger partial charge in [0.15, 0.2) is 6.61 Å². The standard InChI is InChI=1S/C24H19N3O4/c28-22(25-18-7-3-1-4-8-18)16-31-20-13-11-17(12-14-20)15-21-23(29)27(24(30)26-21)19-9-5-2-6-10-19/h1-15H,16H2,(H,25,28)(H,26,30)/b21-15+. The number of imide groups is 1. The molecule has 4 rings (SSSR count). The number of rotatable bonds is 6. The van der Waals surface area contributed by atoms with Crippen molar-refractivity contribution >= 4 is 35.3 Å². The van der Waals surface area contributed by atoms with Gasteiger partial charge in [-0.05, 0) is 48.0 Å². The van der Waals surface area contributed by atoms with Gasteiger partial charge in [0, 0.05) is 5.69 Å². The fourth-order valence-electron chi connectivity index (χ4n) is 3.04. The maximum atomic E-state index is 12.6. The molecule has 0 spiro atoms. The Bertz CT molecular complexity index is 1130. The maximum Gasteiger partial charge on any atom is 0.333 e. The molecule has 1 heterocycles. The van der Waals surface area contributed by atoms with Crippen LogP contribution in [0.4, 0.5) is 16.2 Å². The predicted octanol–water partition coefficient (Wildman–Crippen LogP) is 3.80. The van der Waals surface area contributed by atoms with Gasteiger partial charge in [-0.25, -0.2) is 9.69 Å².